The zero-order valence-electron chi connectivity index (χ0n) is 15.6. The lowest BCUT2D eigenvalue weighted by Crippen LogP contribution is -2.39. The molecule has 0 heterocycles. The highest BCUT2D eigenvalue weighted by Gasteiger charge is 2.16. The van der Waals surface area contributed by atoms with E-state index in [2.05, 4.69) is 10.6 Å². The van der Waals surface area contributed by atoms with E-state index in [0.717, 1.165) is 9.79 Å². The van der Waals surface area contributed by atoms with Gasteiger partial charge in [0.15, 0.2) is 0 Å². The van der Waals surface area contributed by atoms with Crippen molar-refractivity contribution in [1.29, 1.82) is 0 Å². The molecule has 0 aliphatic rings. The van der Waals surface area contributed by atoms with Crippen molar-refractivity contribution in [3.8, 4) is 0 Å². The number of hydrogen-bond acceptors (Lipinski definition) is 4. The lowest BCUT2D eigenvalue weighted by atomic mass is 10.4. The Balaban J connectivity index is 1.66. The van der Waals surface area contributed by atoms with Crippen molar-refractivity contribution >= 4 is 58.5 Å². The van der Waals surface area contributed by atoms with Crippen molar-refractivity contribution < 1.29 is 9.59 Å². The van der Waals surface area contributed by atoms with Crippen LogP contribution in [0.3, 0.4) is 0 Å². The fourth-order valence-electron chi connectivity index (χ4n) is 2.20. The van der Waals surface area contributed by atoms with Crippen LogP contribution >= 0.6 is 46.7 Å². The number of halogens is 2. The van der Waals surface area contributed by atoms with Crippen molar-refractivity contribution in [3.63, 3.8) is 0 Å². The van der Waals surface area contributed by atoms with E-state index in [1.165, 1.54) is 23.5 Å². The van der Waals surface area contributed by atoms with Gasteiger partial charge in [-0.25, -0.2) is 0 Å². The lowest BCUT2D eigenvalue weighted by molar-refractivity contribution is -0.122. The van der Waals surface area contributed by atoms with Crippen LogP contribution < -0.4 is 10.6 Å². The maximum absolute atomic E-state index is 12.2. The molecule has 150 valence electrons. The van der Waals surface area contributed by atoms with Crippen LogP contribution in [-0.4, -0.2) is 35.4 Å². The van der Waals surface area contributed by atoms with Crippen LogP contribution in [0, 0.1) is 0 Å². The van der Waals surface area contributed by atoms with Gasteiger partial charge >= 0.3 is 0 Å². The van der Waals surface area contributed by atoms with Gasteiger partial charge in [0, 0.05) is 32.9 Å². The van der Waals surface area contributed by atoms with Crippen LogP contribution in [0.1, 0.15) is 13.8 Å². The van der Waals surface area contributed by atoms with Gasteiger partial charge in [-0.3, -0.25) is 9.59 Å². The second kappa shape index (κ2) is 11.6. The summed E-state index contributed by atoms with van der Waals surface area (Å²) in [6.07, 6.45) is 0. The van der Waals surface area contributed by atoms with Crippen molar-refractivity contribution in [3.05, 3.63) is 58.6 Å². The van der Waals surface area contributed by atoms with Crippen LogP contribution in [0.4, 0.5) is 0 Å². The molecular weight excluding hydrogens is 435 g/mol. The van der Waals surface area contributed by atoms with Gasteiger partial charge in [-0.05, 0) is 62.4 Å². The number of hydrogen-bond donors (Lipinski definition) is 2. The molecule has 0 aliphatic carbocycles. The third-order valence-corrected chi connectivity index (χ3v) is 6.44. The second-order valence-electron chi connectivity index (χ2n) is 6.01. The number of thioether (sulfide) groups is 2. The maximum Gasteiger partial charge on any atom is 0.233 e. The smallest absolute Gasteiger partial charge is 0.233 e. The monoisotopic (exact) mass is 456 g/mol. The first-order chi connectivity index (χ1) is 13.3. The highest BCUT2D eigenvalue weighted by molar-refractivity contribution is 8.00. The van der Waals surface area contributed by atoms with Gasteiger partial charge in [0.05, 0.1) is 10.5 Å². The molecule has 0 saturated heterocycles. The molecule has 4 nitrogen and oxygen atoms in total. The number of amides is 2. The van der Waals surface area contributed by atoms with Crippen LogP contribution in [0.2, 0.25) is 10.0 Å². The summed E-state index contributed by atoms with van der Waals surface area (Å²) in [6, 6.07) is 14.7. The largest absolute Gasteiger partial charge is 0.353 e. The van der Waals surface area contributed by atoms with E-state index in [1.807, 2.05) is 38.1 Å². The fourth-order valence-corrected chi connectivity index (χ4v) is 4.24. The van der Waals surface area contributed by atoms with E-state index in [-0.39, 0.29) is 22.3 Å². The molecule has 28 heavy (non-hydrogen) atoms. The van der Waals surface area contributed by atoms with Crippen molar-refractivity contribution in [2.75, 3.05) is 13.1 Å². The van der Waals surface area contributed by atoms with Crippen LogP contribution in [0.25, 0.3) is 0 Å². The molecule has 0 radical (unpaired) electrons. The number of carbonyl (C=O) groups is 2. The SMILES string of the molecule is C[C@H](Sc1ccc(Cl)cc1)C(=O)NCCNC(=O)[C@@H](C)Sc1ccc(Cl)cc1. The molecule has 2 N–H and O–H groups in total. The third kappa shape index (κ3) is 7.95. The summed E-state index contributed by atoms with van der Waals surface area (Å²) in [5.74, 6) is -0.143. The minimum atomic E-state index is -0.240. The summed E-state index contributed by atoms with van der Waals surface area (Å²) in [7, 11) is 0. The highest BCUT2D eigenvalue weighted by atomic mass is 35.5. The normalized spacial score (nSPS) is 12.9. The first-order valence-electron chi connectivity index (χ1n) is 8.75. The predicted molar refractivity (Wildman–Crippen MR) is 120 cm³/mol. The van der Waals surface area contributed by atoms with E-state index in [0.29, 0.717) is 23.1 Å². The van der Waals surface area contributed by atoms with E-state index < -0.39 is 0 Å². The lowest BCUT2D eigenvalue weighted by Gasteiger charge is -2.14. The standard InChI is InChI=1S/C20H22Cl2N2O2S2/c1-13(27-17-7-3-15(21)4-8-17)19(25)23-11-12-24-20(26)14(2)28-18-9-5-16(22)6-10-18/h3-10,13-14H,11-12H2,1-2H3,(H,23,25)(H,24,26)/t13-,14+. The maximum atomic E-state index is 12.2. The summed E-state index contributed by atoms with van der Waals surface area (Å²) in [6.45, 7) is 4.46. The Bertz CT molecular complexity index is 718. The van der Waals surface area contributed by atoms with Crippen LogP contribution in [0.15, 0.2) is 58.3 Å². The summed E-state index contributed by atoms with van der Waals surface area (Å²) in [5.41, 5.74) is 0. The molecule has 0 spiro atoms. The van der Waals surface area contributed by atoms with Crippen LogP contribution in [-0.2, 0) is 9.59 Å². The van der Waals surface area contributed by atoms with E-state index >= 15 is 0 Å². The quantitative estimate of drug-likeness (QED) is 0.416. The van der Waals surface area contributed by atoms with E-state index in [4.69, 9.17) is 23.2 Å². The van der Waals surface area contributed by atoms with E-state index in [1.54, 1.807) is 24.3 Å². The van der Waals surface area contributed by atoms with Gasteiger partial charge < -0.3 is 10.6 Å². The molecule has 2 amide bonds. The second-order valence-corrected chi connectivity index (χ2v) is 9.71. The zero-order chi connectivity index (χ0) is 20.5. The Kier molecular flexibility index (Phi) is 9.51. The molecule has 2 rings (SSSR count). The third-order valence-electron chi connectivity index (χ3n) is 3.71. The average Bonchev–Trinajstić information content (AvgIpc) is 2.68. The highest BCUT2D eigenvalue weighted by Crippen LogP contribution is 2.25. The van der Waals surface area contributed by atoms with Crippen molar-refractivity contribution in [1.82, 2.24) is 10.6 Å². The molecular formula is C20H22Cl2N2O2S2. The number of rotatable bonds is 9. The number of benzene rings is 2. The van der Waals surface area contributed by atoms with Gasteiger partial charge in [-0.2, -0.15) is 0 Å². The van der Waals surface area contributed by atoms with Gasteiger partial charge in [-0.15, -0.1) is 23.5 Å². The number of nitrogens with one attached hydrogen (secondary N) is 2. The van der Waals surface area contributed by atoms with E-state index in [9.17, 15) is 9.59 Å². The average molecular weight is 457 g/mol. The minimum Gasteiger partial charge on any atom is -0.353 e. The van der Waals surface area contributed by atoms with Gasteiger partial charge in [0.25, 0.3) is 0 Å². The predicted octanol–water partition coefficient (Wildman–Crippen LogP) is 4.89. The van der Waals surface area contributed by atoms with Crippen molar-refractivity contribution in [2.24, 2.45) is 0 Å². The molecule has 0 aromatic heterocycles. The van der Waals surface area contributed by atoms with Gasteiger partial charge in [0.2, 0.25) is 11.8 Å². The Morgan fingerprint density at radius 3 is 1.39 bits per heavy atom. The molecule has 0 fully saturated rings. The summed E-state index contributed by atoms with van der Waals surface area (Å²) in [5, 5.41) is 6.54. The first-order valence-corrected chi connectivity index (χ1v) is 11.3. The van der Waals surface area contributed by atoms with Gasteiger partial charge in [-0.1, -0.05) is 23.2 Å². The summed E-state index contributed by atoms with van der Waals surface area (Å²) in [4.78, 5) is 26.3. The van der Waals surface area contributed by atoms with Crippen LogP contribution in [0.5, 0.6) is 0 Å². The Morgan fingerprint density at radius 2 is 1.07 bits per heavy atom. The van der Waals surface area contributed by atoms with Crippen molar-refractivity contribution in [2.45, 2.75) is 34.1 Å². The molecule has 0 unspecified atom stereocenters. The molecule has 2 aromatic carbocycles. The number of carbonyl (C=O) groups excluding carboxylic acids is 2. The fraction of sp³-hybridized carbons (Fsp3) is 0.300. The first kappa shape index (κ1) is 22.9. The summed E-state index contributed by atoms with van der Waals surface area (Å²) < 4.78 is 0. The molecule has 0 aliphatic heterocycles. The molecule has 2 aromatic rings. The van der Waals surface area contributed by atoms with Gasteiger partial charge in [0.1, 0.15) is 0 Å². The topological polar surface area (TPSA) is 58.2 Å². The molecule has 2 atom stereocenters. The zero-order valence-corrected chi connectivity index (χ0v) is 18.7. The summed E-state index contributed by atoms with van der Waals surface area (Å²) >= 11 is 14.7. The molecule has 0 saturated carbocycles. The Labute approximate surface area is 184 Å². The Morgan fingerprint density at radius 1 is 0.750 bits per heavy atom. The Hall–Kier alpha value is -1.34. The molecule has 8 heteroatoms. The minimum absolute atomic E-state index is 0.0715. The molecule has 0 bridgehead atoms.